The highest BCUT2D eigenvalue weighted by molar-refractivity contribution is 14.0. The van der Waals surface area contributed by atoms with Crippen molar-refractivity contribution in [3.63, 3.8) is 0 Å². The average molecular weight is 437 g/mol. The lowest BCUT2D eigenvalue weighted by atomic mass is 9.97. The molecule has 0 unspecified atom stereocenters. The number of guanidine groups is 1. The minimum Gasteiger partial charge on any atom is -0.356 e. The van der Waals surface area contributed by atoms with Gasteiger partial charge in [-0.15, -0.1) is 35.3 Å². The summed E-state index contributed by atoms with van der Waals surface area (Å²) in [4.78, 5) is 12.5. The second kappa shape index (κ2) is 9.67. The van der Waals surface area contributed by atoms with Crippen LogP contribution in [0.2, 0.25) is 0 Å². The van der Waals surface area contributed by atoms with Crippen LogP contribution in [0.3, 0.4) is 0 Å². The van der Waals surface area contributed by atoms with E-state index < -0.39 is 0 Å². The molecule has 1 saturated heterocycles. The molecule has 1 aliphatic heterocycles. The van der Waals surface area contributed by atoms with Crippen LogP contribution in [0.15, 0.2) is 4.99 Å². The van der Waals surface area contributed by atoms with Gasteiger partial charge in [0.1, 0.15) is 0 Å². The SMILES string of the molecule is CN=C(NCc1sc(C)nc1C)NCC1CCN(C)CC1.I. The molecule has 0 aliphatic carbocycles. The summed E-state index contributed by atoms with van der Waals surface area (Å²) in [5.74, 6) is 1.64. The molecule has 1 aliphatic rings. The molecular formula is C15H28IN5S. The Kier molecular flexibility index (Phi) is 8.63. The van der Waals surface area contributed by atoms with E-state index in [4.69, 9.17) is 0 Å². The third kappa shape index (κ3) is 6.00. The molecular weight excluding hydrogens is 409 g/mol. The summed E-state index contributed by atoms with van der Waals surface area (Å²) in [5, 5.41) is 7.97. The molecule has 0 saturated carbocycles. The third-order valence-electron chi connectivity index (χ3n) is 4.04. The van der Waals surface area contributed by atoms with Crippen molar-refractivity contribution in [3.05, 3.63) is 15.6 Å². The van der Waals surface area contributed by atoms with Gasteiger partial charge in [0, 0.05) is 18.5 Å². The van der Waals surface area contributed by atoms with Crippen LogP contribution in [0.5, 0.6) is 0 Å². The molecule has 2 rings (SSSR count). The highest BCUT2D eigenvalue weighted by Gasteiger charge is 2.16. The number of likely N-dealkylation sites (tertiary alicyclic amines) is 1. The van der Waals surface area contributed by atoms with Crippen molar-refractivity contribution in [2.24, 2.45) is 10.9 Å². The number of hydrogen-bond donors (Lipinski definition) is 2. The number of rotatable bonds is 4. The van der Waals surface area contributed by atoms with Crippen LogP contribution in [0, 0.1) is 19.8 Å². The van der Waals surface area contributed by atoms with Crippen LogP contribution in [0.25, 0.3) is 0 Å². The molecule has 0 atom stereocenters. The summed E-state index contributed by atoms with van der Waals surface area (Å²) in [5.41, 5.74) is 1.12. The Labute approximate surface area is 155 Å². The van der Waals surface area contributed by atoms with E-state index in [2.05, 4.69) is 39.5 Å². The molecule has 1 aromatic heterocycles. The molecule has 1 aromatic rings. The first-order valence-corrected chi connectivity index (χ1v) is 8.46. The first-order valence-electron chi connectivity index (χ1n) is 7.64. The number of hydrogen-bond acceptors (Lipinski definition) is 4. The fraction of sp³-hybridized carbons (Fsp3) is 0.733. The van der Waals surface area contributed by atoms with Gasteiger partial charge in [0.2, 0.25) is 0 Å². The predicted molar refractivity (Wildman–Crippen MR) is 105 cm³/mol. The lowest BCUT2D eigenvalue weighted by molar-refractivity contribution is 0.220. The van der Waals surface area contributed by atoms with Crippen molar-refractivity contribution in [2.75, 3.05) is 33.7 Å². The normalized spacial score (nSPS) is 17.2. The first-order chi connectivity index (χ1) is 10.1. The smallest absolute Gasteiger partial charge is 0.191 e. The van der Waals surface area contributed by atoms with Crippen LogP contribution in [0.1, 0.15) is 28.4 Å². The molecule has 0 bridgehead atoms. The molecule has 5 nitrogen and oxygen atoms in total. The minimum atomic E-state index is 0. The first kappa shape index (κ1) is 19.6. The van der Waals surface area contributed by atoms with Gasteiger partial charge in [-0.05, 0) is 52.7 Å². The Hall–Kier alpha value is -0.410. The van der Waals surface area contributed by atoms with Gasteiger partial charge in [-0.2, -0.15) is 0 Å². The Bertz CT molecular complexity index is 480. The number of aryl methyl sites for hydroxylation is 2. The van der Waals surface area contributed by atoms with Crippen molar-refractivity contribution < 1.29 is 0 Å². The zero-order valence-electron chi connectivity index (χ0n) is 14.0. The molecule has 2 N–H and O–H groups in total. The standard InChI is InChI=1S/C15H27N5S.HI/c1-11-14(21-12(2)19-11)10-18-15(16-3)17-9-13-5-7-20(4)8-6-13;/h13H,5-10H2,1-4H3,(H2,16,17,18);1H. The van der Waals surface area contributed by atoms with Crippen molar-refractivity contribution in [1.82, 2.24) is 20.5 Å². The number of aromatic nitrogens is 1. The van der Waals surface area contributed by atoms with E-state index in [0.29, 0.717) is 0 Å². The van der Waals surface area contributed by atoms with Gasteiger partial charge in [-0.25, -0.2) is 4.98 Å². The van der Waals surface area contributed by atoms with E-state index in [0.717, 1.165) is 35.7 Å². The molecule has 0 aromatic carbocycles. The Morgan fingerprint density at radius 2 is 2.00 bits per heavy atom. The van der Waals surface area contributed by atoms with Crippen molar-refractivity contribution in [2.45, 2.75) is 33.2 Å². The number of aliphatic imine (C=N–C) groups is 1. The lowest BCUT2D eigenvalue weighted by Crippen LogP contribution is -2.41. The van der Waals surface area contributed by atoms with Gasteiger partial charge < -0.3 is 15.5 Å². The Morgan fingerprint density at radius 1 is 1.32 bits per heavy atom. The molecule has 2 heterocycles. The van der Waals surface area contributed by atoms with Gasteiger partial charge in [-0.3, -0.25) is 4.99 Å². The van der Waals surface area contributed by atoms with Crippen LogP contribution in [-0.2, 0) is 6.54 Å². The monoisotopic (exact) mass is 437 g/mol. The summed E-state index contributed by atoms with van der Waals surface area (Å²) >= 11 is 1.75. The van der Waals surface area contributed by atoms with Crippen molar-refractivity contribution in [1.29, 1.82) is 0 Å². The minimum absolute atomic E-state index is 0. The van der Waals surface area contributed by atoms with Crippen molar-refractivity contribution >= 4 is 41.3 Å². The maximum absolute atomic E-state index is 4.45. The van der Waals surface area contributed by atoms with Gasteiger partial charge >= 0.3 is 0 Å². The highest BCUT2D eigenvalue weighted by Crippen LogP contribution is 2.17. The van der Waals surface area contributed by atoms with Gasteiger partial charge in [-0.1, -0.05) is 0 Å². The van der Waals surface area contributed by atoms with E-state index in [1.54, 1.807) is 11.3 Å². The molecule has 0 spiro atoms. The van der Waals surface area contributed by atoms with Gasteiger partial charge in [0.25, 0.3) is 0 Å². The van der Waals surface area contributed by atoms with E-state index in [9.17, 15) is 0 Å². The van der Waals surface area contributed by atoms with Crippen LogP contribution in [-0.4, -0.2) is 49.6 Å². The largest absolute Gasteiger partial charge is 0.356 e. The Morgan fingerprint density at radius 3 is 2.55 bits per heavy atom. The zero-order chi connectivity index (χ0) is 15.2. The number of halogens is 1. The van der Waals surface area contributed by atoms with Crippen LogP contribution < -0.4 is 10.6 Å². The fourth-order valence-corrected chi connectivity index (χ4v) is 3.51. The number of thiazole rings is 1. The number of nitrogens with zero attached hydrogens (tertiary/aromatic N) is 3. The highest BCUT2D eigenvalue weighted by atomic mass is 127. The quantitative estimate of drug-likeness (QED) is 0.432. The lowest BCUT2D eigenvalue weighted by Gasteiger charge is -2.29. The van der Waals surface area contributed by atoms with Crippen LogP contribution in [0.4, 0.5) is 0 Å². The van der Waals surface area contributed by atoms with E-state index in [-0.39, 0.29) is 24.0 Å². The molecule has 126 valence electrons. The summed E-state index contributed by atoms with van der Waals surface area (Å²) in [6, 6.07) is 0. The second-order valence-corrected chi connectivity index (χ2v) is 7.08. The second-order valence-electron chi connectivity index (χ2n) is 5.79. The molecule has 1 fully saturated rings. The Balaban J connectivity index is 0.00000242. The summed E-state index contributed by atoms with van der Waals surface area (Å²) in [6.45, 7) is 8.33. The van der Waals surface area contributed by atoms with Gasteiger partial charge in [0.05, 0.1) is 17.2 Å². The molecule has 0 radical (unpaired) electrons. The van der Waals surface area contributed by atoms with Crippen LogP contribution >= 0.6 is 35.3 Å². The average Bonchev–Trinajstić information content (AvgIpc) is 2.79. The maximum Gasteiger partial charge on any atom is 0.191 e. The summed E-state index contributed by atoms with van der Waals surface area (Å²) < 4.78 is 0. The third-order valence-corrected chi connectivity index (χ3v) is 5.11. The van der Waals surface area contributed by atoms with Gasteiger partial charge in [0.15, 0.2) is 5.96 Å². The van der Waals surface area contributed by atoms with E-state index in [1.165, 1.54) is 30.8 Å². The molecule has 22 heavy (non-hydrogen) atoms. The van der Waals surface area contributed by atoms with E-state index in [1.807, 2.05) is 14.0 Å². The van der Waals surface area contributed by atoms with E-state index >= 15 is 0 Å². The number of piperidine rings is 1. The summed E-state index contributed by atoms with van der Waals surface area (Å²) in [6.07, 6.45) is 2.54. The predicted octanol–water partition coefficient (Wildman–Crippen LogP) is 2.38. The zero-order valence-corrected chi connectivity index (χ0v) is 17.1. The summed E-state index contributed by atoms with van der Waals surface area (Å²) in [7, 11) is 4.03. The fourth-order valence-electron chi connectivity index (χ4n) is 2.63. The topological polar surface area (TPSA) is 52.6 Å². The maximum atomic E-state index is 4.45. The molecule has 7 heteroatoms. The van der Waals surface area contributed by atoms with Crippen molar-refractivity contribution in [3.8, 4) is 0 Å². The molecule has 0 amide bonds. The number of nitrogens with one attached hydrogen (secondary N) is 2.